The Labute approximate surface area is 297 Å². The highest BCUT2D eigenvalue weighted by Gasteiger charge is 2.22. The zero-order valence-electron chi connectivity index (χ0n) is 27.0. The molecule has 0 spiro atoms. The summed E-state index contributed by atoms with van der Waals surface area (Å²) in [5.74, 6) is 0.249. The highest BCUT2D eigenvalue weighted by molar-refractivity contribution is 6.39. The van der Waals surface area contributed by atoms with Crippen LogP contribution in [-0.4, -0.2) is 64.3 Å². The molecule has 5 aromatic rings. The predicted molar refractivity (Wildman–Crippen MR) is 190 cm³/mol. The highest BCUT2D eigenvalue weighted by atomic mass is 35.5. The first-order valence-corrected chi connectivity index (χ1v) is 16.7. The third kappa shape index (κ3) is 7.58. The number of benzene rings is 2. The van der Waals surface area contributed by atoms with Crippen LogP contribution in [-0.2, 0) is 22.7 Å². The summed E-state index contributed by atoms with van der Waals surface area (Å²) >= 11 is 14.1. The lowest BCUT2D eigenvalue weighted by Crippen LogP contribution is -2.38. The van der Waals surface area contributed by atoms with Crippen LogP contribution in [0.2, 0.25) is 10.0 Å². The Morgan fingerprint density at radius 1 is 1.02 bits per heavy atom. The van der Waals surface area contributed by atoms with Crippen LogP contribution in [0.4, 0.5) is 4.79 Å². The average Bonchev–Trinajstić information content (AvgIpc) is 3.55. The van der Waals surface area contributed by atoms with Crippen LogP contribution in [0.1, 0.15) is 24.0 Å². The predicted octanol–water partition coefficient (Wildman–Crippen LogP) is 4.99. The van der Waals surface area contributed by atoms with E-state index >= 15 is 0 Å². The SMILES string of the molecule is COc1nc(-c2cccc(-c3cccc(-c4ccn5c(=O)c(CNCCO)cnc5c4)c3Cl)c2Cl)ccc1COC(=O)NC[C@@H]1CCC(=O)N1. The highest BCUT2D eigenvalue weighted by Crippen LogP contribution is 2.42. The second-order valence-corrected chi connectivity index (χ2v) is 12.3. The van der Waals surface area contributed by atoms with Gasteiger partial charge in [-0.15, -0.1) is 0 Å². The van der Waals surface area contributed by atoms with E-state index in [-0.39, 0.29) is 43.1 Å². The third-order valence-electron chi connectivity index (χ3n) is 8.33. The molecule has 1 aliphatic heterocycles. The minimum absolute atomic E-state index is 0.0238. The molecule has 2 aromatic carbocycles. The van der Waals surface area contributed by atoms with E-state index in [9.17, 15) is 14.4 Å². The monoisotopic (exact) mass is 716 g/mol. The van der Waals surface area contributed by atoms with Gasteiger partial charge >= 0.3 is 6.09 Å². The summed E-state index contributed by atoms with van der Waals surface area (Å²) in [5.41, 5.74) is 5.40. The molecule has 2 amide bonds. The van der Waals surface area contributed by atoms with Gasteiger partial charge < -0.3 is 30.5 Å². The van der Waals surface area contributed by atoms with E-state index in [1.807, 2.05) is 42.5 Å². The lowest BCUT2D eigenvalue weighted by molar-refractivity contribution is -0.119. The van der Waals surface area contributed by atoms with Crippen molar-refractivity contribution in [3.8, 4) is 39.4 Å². The first kappa shape index (κ1) is 34.8. The van der Waals surface area contributed by atoms with Crippen LogP contribution in [0.3, 0.4) is 0 Å². The van der Waals surface area contributed by atoms with Crippen LogP contribution in [0.15, 0.2) is 77.9 Å². The van der Waals surface area contributed by atoms with E-state index < -0.39 is 6.09 Å². The summed E-state index contributed by atoms with van der Waals surface area (Å²) in [7, 11) is 1.48. The summed E-state index contributed by atoms with van der Waals surface area (Å²) < 4.78 is 12.4. The first-order valence-electron chi connectivity index (χ1n) is 15.9. The molecule has 0 aliphatic carbocycles. The molecule has 258 valence electrons. The number of carbonyl (C=O) groups excluding carboxylic acids is 2. The smallest absolute Gasteiger partial charge is 0.407 e. The number of ether oxygens (including phenoxy) is 2. The normalized spacial score (nSPS) is 14.1. The number of pyridine rings is 2. The molecule has 1 aliphatic rings. The molecule has 1 atom stereocenters. The van der Waals surface area contributed by atoms with E-state index in [4.69, 9.17) is 37.8 Å². The van der Waals surface area contributed by atoms with Crippen LogP contribution >= 0.6 is 23.2 Å². The zero-order valence-corrected chi connectivity index (χ0v) is 28.6. The van der Waals surface area contributed by atoms with Crippen molar-refractivity contribution in [2.45, 2.75) is 32.0 Å². The molecule has 6 rings (SSSR count). The zero-order chi connectivity index (χ0) is 35.2. The largest absolute Gasteiger partial charge is 0.481 e. The summed E-state index contributed by atoms with van der Waals surface area (Å²) in [6, 6.07) is 18.3. The number of aromatic nitrogens is 3. The third-order valence-corrected chi connectivity index (χ3v) is 9.14. The Morgan fingerprint density at radius 2 is 1.76 bits per heavy atom. The molecule has 1 fully saturated rings. The number of alkyl carbamates (subject to hydrolysis) is 1. The van der Waals surface area contributed by atoms with Crippen LogP contribution in [0.25, 0.3) is 39.2 Å². The molecule has 1 saturated heterocycles. The van der Waals surface area contributed by atoms with Crippen molar-refractivity contribution in [1.29, 1.82) is 0 Å². The number of nitrogens with one attached hydrogen (secondary N) is 3. The second kappa shape index (κ2) is 15.7. The molecule has 4 heterocycles. The van der Waals surface area contributed by atoms with Crippen molar-refractivity contribution in [1.82, 2.24) is 30.3 Å². The fourth-order valence-corrected chi connectivity index (χ4v) is 6.40. The van der Waals surface area contributed by atoms with Gasteiger partial charge in [0.05, 0.1) is 35.0 Å². The number of nitrogens with zero attached hydrogens (tertiary/aromatic N) is 3. The standard InChI is InChI=1S/C36H34Cl2N6O6/c1-49-34-22(20-50-36(48)41-19-24-9-11-31(46)42-24)8-10-29(43-34)28-7-3-6-27(33(28)38)26-5-2-4-25(32(26)37)21-12-14-44-30(16-21)40-18-23(35(44)47)17-39-13-15-45/h2-8,10,12,14,16,18,24,39,45H,9,11,13,15,17,19-20H2,1H3,(H,41,48)(H,42,46)/t24-/m0/s1. The fourth-order valence-electron chi connectivity index (χ4n) is 5.74. The molecule has 3 aromatic heterocycles. The van der Waals surface area contributed by atoms with Gasteiger partial charge in [-0.3, -0.25) is 14.0 Å². The maximum atomic E-state index is 13.0. The molecular weight excluding hydrogens is 683 g/mol. The number of rotatable bonds is 12. The maximum absolute atomic E-state index is 13.0. The van der Waals surface area contributed by atoms with Crippen molar-refractivity contribution >= 4 is 40.8 Å². The molecule has 14 heteroatoms. The lowest BCUT2D eigenvalue weighted by Gasteiger charge is -2.15. The molecule has 0 bridgehead atoms. The minimum atomic E-state index is -0.613. The summed E-state index contributed by atoms with van der Waals surface area (Å²) in [4.78, 5) is 45.8. The van der Waals surface area contributed by atoms with Gasteiger partial charge in [-0.1, -0.05) is 59.6 Å². The van der Waals surface area contributed by atoms with E-state index in [1.165, 1.54) is 17.7 Å². The second-order valence-electron chi connectivity index (χ2n) is 11.6. The van der Waals surface area contributed by atoms with Crippen molar-refractivity contribution in [2.75, 3.05) is 26.8 Å². The van der Waals surface area contributed by atoms with E-state index in [0.29, 0.717) is 75.1 Å². The Balaban J connectivity index is 1.22. The lowest BCUT2D eigenvalue weighted by atomic mass is 9.97. The van der Waals surface area contributed by atoms with Crippen molar-refractivity contribution in [3.63, 3.8) is 0 Å². The molecule has 12 nitrogen and oxygen atoms in total. The van der Waals surface area contributed by atoms with Crippen molar-refractivity contribution in [3.05, 3.63) is 105 Å². The van der Waals surface area contributed by atoms with Gasteiger partial charge in [0, 0.05) is 72.3 Å². The van der Waals surface area contributed by atoms with Gasteiger partial charge in [0.25, 0.3) is 5.56 Å². The Bertz CT molecular complexity index is 2120. The van der Waals surface area contributed by atoms with Crippen LogP contribution in [0, 0.1) is 0 Å². The van der Waals surface area contributed by atoms with Gasteiger partial charge in [-0.2, -0.15) is 0 Å². The van der Waals surface area contributed by atoms with Crippen LogP contribution < -0.4 is 26.2 Å². The molecular formula is C36H34Cl2N6O6. The number of methoxy groups -OCH3 is 1. The average molecular weight is 718 g/mol. The van der Waals surface area contributed by atoms with Gasteiger partial charge in [0.1, 0.15) is 12.3 Å². The number of fused-ring (bicyclic) bond motifs is 1. The molecule has 50 heavy (non-hydrogen) atoms. The summed E-state index contributed by atoms with van der Waals surface area (Å²) in [5, 5.41) is 18.4. The van der Waals surface area contributed by atoms with Gasteiger partial charge in [0.15, 0.2) is 0 Å². The number of amides is 2. The van der Waals surface area contributed by atoms with E-state index in [1.54, 1.807) is 24.4 Å². The van der Waals surface area contributed by atoms with Gasteiger partial charge in [-0.05, 0) is 36.2 Å². The van der Waals surface area contributed by atoms with Gasteiger partial charge in [0.2, 0.25) is 11.8 Å². The maximum Gasteiger partial charge on any atom is 0.407 e. The van der Waals surface area contributed by atoms with Crippen molar-refractivity contribution < 1.29 is 24.2 Å². The van der Waals surface area contributed by atoms with Crippen LogP contribution in [0.5, 0.6) is 5.88 Å². The molecule has 4 N–H and O–H groups in total. The summed E-state index contributed by atoms with van der Waals surface area (Å²) in [6.07, 6.45) is 3.71. The topological polar surface area (TPSA) is 156 Å². The van der Waals surface area contributed by atoms with Gasteiger partial charge in [-0.25, -0.2) is 14.8 Å². The minimum Gasteiger partial charge on any atom is -0.481 e. The first-order chi connectivity index (χ1) is 24.3. The van der Waals surface area contributed by atoms with Crippen molar-refractivity contribution in [2.24, 2.45) is 0 Å². The fraction of sp³-hybridized carbons (Fsp3) is 0.250. The number of hydrogen-bond acceptors (Lipinski definition) is 9. The number of halogens is 2. The number of aliphatic hydroxyl groups excluding tert-OH is 1. The number of hydrogen-bond donors (Lipinski definition) is 4. The Hall–Kier alpha value is -5.01. The quantitative estimate of drug-likeness (QED) is 0.131. The van der Waals surface area contributed by atoms with E-state index in [2.05, 4.69) is 25.9 Å². The number of aliphatic hydroxyl groups is 1. The number of carbonyl (C=O) groups is 2. The van der Waals surface area contributed by atoms with E-state index in [0.717, 1.165) is 11.1 Å². The molecule has 0 radical (unpaired) electrons. The molecule has 0 unspecified atom stereocenters. The molecule has 0 saturated carbocycles. The summed E-state index contributed by atoms with van der Waals surface area (Å²) in [6.45, 7) is 0.867. The Kier molecular flexibility index (Phi) is 10.9. The Morgan fingerprint density at radius 3 is 2.48 bits per heavy atom.